The first kappa shape index (κ1) is 17.1. The fourth-order valence-corrected chi connectivity index (χ4v) is 0.714. The van der Waals surface area contributed by atoms with Crippen LogP contribution in [0.5, 0.6) is 0 Å². The summed E-state index contributed by atoms with van der Waals surface area (Å²) in [5, 5.41) is 0. The van der Waals surface area contributed by atoms with E-state index < -0.39 is 10.4 Å². The molecule has 0 aromatic heterocycles. The van der Waals surface area contributed by atoms with E-state index in [1.807, 2.05) is 6.07 Å². The van der Waals surface area contributed by atoms with Crippen molar-refractivity contribution >= 4 is 61.8 Å². The van der Waals surface area contributed by atoms with Crippen LogP contribution in [0.25, 0.3) is 0 Å². The van der Waals surface area contributed by atoms with Gasteiger partial charge in [-0.2, -0.15) is 8.42 Å². The van der Waals surface area contributed by atoms with Gasteiger partial charge in [0.2, 0.25) is 0 Å². The van der Waals surface area contributed by atoms with E-state index in [-0.39, 0.29) is 51.4 Å². The van der Waals surface area contributed by atoms with Crippen molar-refractivity contribution in [1.29, 1.82) is 0 Å². The molecule has 0 atom stereocenters. The standard InChI is InChI=1S/C8H10.K.H2O4S.H/c1-2-8-6-4-3-5-7-8;;1-5(2,3)4;/h3-7H,2H2,1H3;;(H2,1,2,3,4);. The molecule has 0 saturated heterocycles. The van der Waals surface area contributed by atoms with E-state index >= 15 is 0 Å². The van der Waals surface area contributed by atoms with E-state index in [2.05, 4.69) is 31.2 Å². The van der Waals surface area contributed by atoms with Gasteiger partial charge >= 0.3 is 61.8 Å². The van der Waals surface area contributed by atoms with E-state index in [0.29, 0.717) is 0 Å². The van der Waals surface area contributed by atoms with Crippen LogP contribution in [0.1, 0.15) is 12.5 Å². The molecule has 0 bridgehead atoms. The molecule has 0 unspecified atom stereocenters. The molecule has 0 radical (unpaired) electrons. The molecule has 0 aliphatic rings. The molecule has 4 nitrogen and oxygen atoms in total. The SMILES string of the molecule is CCc1ccccc1.O=S(=O)(O)O.[KH]. The normalized spacial score (nSPS) is 9.36. The van der Waals surface area contributed by atoms with Crippen molar-refractivity contribution in [1.82, 2.24) is 0 Å². The van der Waals surface area contributed by atoms with E-state index in [9.17, 15) is 0 Å². The summed E-state index contributed by atoms with van der Waals surface area (Å²) in [6.45, 7) is 2.16. The van der Waals surface area contributed by atoms with Gasteiger partial charge in [-0.3, -0.25) is 9.11 Å². The summed E-state index contributed by atoms with van der Waals surface area (Å²) in [6, 6.07) is 10.5. The van der Waals surface area contributed by atoms with Gasteiger partial charge in [0.05, 0.1) is 0 Å². The number of benzene rings is 1. The predicted molar refractivity (Wildman–Crippen MR) is 57.1 cm³/mol. The molecule has 14 heavy (non-hydrogen) atoms. The number of rotatable bonds is 1. The Morgan fingerprint density at radius 2 is 1.50 bits per heavy atom. The second-order valence-electron chi connectivity index (χ2n) is 2.29. The first-order valence-electron chi connectivity index (χ1n) is 3.67. The minimum atomic E-state index is -4.67. The number of hydrogen-bond donors (Lipinski definition) is 2. The first-order valence-corrected chi connectivity index (χ1v) is 5.07. The van der Waals surface area contributed by atoms with Crippen LogP contribution in [-0.4, -0.2) is 68.9 Å². The molecule has 0 aliphatic carbocycles. The van der Waals surface area contributed by atoms with Crippen LogP contribution in [-0.2, 0) is 16.8 Å². The summed E-state index contributed by atoms with van der Waals surface area (Å²) in [6.07, 6.45) is 1.14. The zero-order valence-electron chi connectivity index (χ0n) is 7.21. The molecule has 1 rings (SSSR count). The average Bonchev–Trinajstić information content (AvgIpc) is 2.03. The third-order valence-electron chi connectivity index (χ3n) is 1.25. The molecule has 1 aromatic carbocycles. The molecule has 0 amide bonds. The van der Waals surface area contributed by atoms with Crippen LogP contribution in [0.2, 0.25) is 0 Å². The van der Waals surface area contributed by atoms with Gasteiger partial charge in [0.1, 0.15) is 0 Å². The molecule has 1 aromatic rings. The Hall–Kier alpha value is 0.726. The summed E-state index contributed by atoms with van der Waals surface area (Å²) < 4.78 is 31.6. The maximum atomic E-state index is 8.74. The van der Waals surface area contributed by atoms with Crippen LogP contribution in [0.15, 0.2) is 30.3 Å². The van der Waals surface area contributed by atoms with Gasteiger partial charge in [0.15, 0.2) is 0 Å². The Morgan fingerprint density at radius 1 is 1.14 bits per heavy atom. The molecular weight excluding hydrogens is 231 g/mol. The second kappa shape index (κ2) is 8.99. The van der Waals surface area contributed by atoms with Crippen molar-refractivity contribution in [3.63, 3.8) is 0 Å². The topological polar surface area (TPSA) is 74.6 Å². The number of aryl methyl sites for hydroxylation is 1. The average molecular weight is 244 g/mol. The van der Waals surface area contributed by atoms with Crippen molar-refractivity contribution in [3.05, 3.63) is 35.9 Å². The van der Waals surface area contributed by atoms with Gasteiger partial charge in [-0.15, -0.1) is 0 Å². The second-order valence-corrected chi connectivity index (χ2v) is 3.18. The van der Waals surface area contributed by atoms with Crippen LogP contribution in [0, 0.1) is 0 Å². The monoisotopic (exact) mass is 244 g/mol. The zero-order chi connectivity index (χ0) is 10.3. The zero-order valence-corrected chi connectivity index (χ0v) is 8.03. The molecule has 0 aliphatic heterocycles. The van der Waals surface area contributed by atoms with Gasteiger partial charge in [-0.1, -0.05) is 37.3 Å². The Kier molecular flexibility index (Phi) is 11.0. The fourth-order valence-electron chi connectivity index (χ4n) is 0.714. The number of hydrogen-bond acceptors (Lipinski definition) is 2. The van der Waals surface area contributed by atoms with Crippen LogP contribution < -0.4 is 0 Å². The maximum absolute atomic E-state index is 8.74. The van der Waals surface area contributed by atoms with Crippen LogP contribution >= 0.6 is 0 Å². The molecule has 0 spiro atoms. The van der Waals surface area contributed by atoms with Gasteiger partial charge in [-0.25, -0.2) is 0 Å². The third kappa shape index (κ3) is 15.2. The van der Waals surface area contributed by atoms with Crippen LogP contribution in [0.3, 0.4) is 0 Å². The molecular formula is C8H13KO4S. The summed E-state index contributed by atoms with van der Waals surface area (Å²) in [7, 11) is -4.67. The van der Waals surface area contributed by atoms with Crippen molar-refractivity contribution in [2.75, 3.05) is 0 Å². The van der Waals surface area contributed by atoms with Gasteiger partial charge < -0.3 is 0 Å². The van der Waals surface area contributed by atoms with Crippen molar-refractivity contribution in [2.45, 2.75) is 13.3 Å². The van der Waals surface area contributed by atoms with E-state index in [1.54, 1.807) is 0 Å². The van der Waals surface area contributed by atoms with Crippen molar-refractivity contribution in [3.8, 4) is 0 Å². The Morgan fingerprint density at radius 3 is 1.71 bits per heavy atom. The van der Waals surface area contributed by atoms with E-state index in [4.69, 9.17) is 17.5 Å². The summed E-state index contributed by atoms with van der Waals surface area (Å²) in [4.78, 5) is 0. The molecule has 6 heteroatoms. The summed E-state index contributed by atoms with van der Waals surface area (Å²) >= 11 is 0. The summed E-state index contributed by atoms with van der Waals surface area (Å²) in [5.74, 6) is 0. The van der Waals surface area contributed by atoms with E-state index in [1.165, 1.54) is 5.56 Å². The van der Waals surface area contributed by atoms with E-state index in [0.717, 1.165) is 6.42 Å². The van der Waals surface area contributed by atoms with Crippen LogP contribution in [0.4, 0.5) is 0 Å². The van der Waals surface area contributed by atoms with Gasteiger partial charge in [-0.05, 0) is 12.0 Å². The quantitative estimate of drug-likeness (QED) is 0.569. The Bertz CT molecular complexity index is 314. The first-order chi connectivity index (χ1) is 5.93. The minimum absolute atomic E-state index is 0. The fraction of sp³-hybridized carbons (Fsp3) is 0.250. The Balaban J connectivity index is 0. The summed E-state index contributed by atoms with van der Waals surface area (Å²) in [5.41, 5.74) is 1.41. The molecule has 76 valence electrons. The molecule has 0 heterocycles. The molecule has 0 fully saturated rings. The van der Waals surface area contributed by atoms with Crippen molar-refractivity contribution < 1.29 is 17.5 Å². The Labute approximate surface area is 127 Å². The molecule has 2 N–H and O–H groups in total. The van der Waals surface area contributed by atoms with Gasteiger partial charge in [0.25, 0.3) is 0 Å². The van der Waals surface area contributed by atoms with Gasteiger partial charge in [0, 0.05) is 0 Å². The van der Waals surface area contributed by atoms with Crippen molar-refractivity contribution in [2.24, 2.45) is 0 Å². The predicted octanol–water partition coefficient (Wildman–Crippen LogP) is 0.948. The third-order valence-corrected chi connectivity index (χ3v) is 1.25. The molecule has 0 saturated carbocycles.